The minimum atomic E-state index is -7.40. The fourth-order valence-electron chi connectivity index (χ4n) is 3.09. The number of hydrogen-bond acceptors (Lipinski definition) is 5. The highest BCUT2D eigenvalue weighted by molar-refractivity contribution is 8.01. The van der Waals surface area contributed by atoms with E-state index in [1.807, 2.05) is 0 Å². The quantitative estimate of drug-likeness (QED) is 0.550. The topological polar surface area (TPSA) is 92.1 Å². The average Bonchev–Trinajstić information content (AvgIpc) is 3.05. The fourth-order valence-corrected chi connectivity index (χ4v) is 6.21. The van der Waals surface area contributed by atoms with Crippen LogP contribution in [0, 0.1) is 5.41 Å². The number of halogens is 10. The van der Waals surface area contributed by atoms with E-state index in [-0.39, 0.29) is 17.2 Å². The summed E-state index contributed by atoms with van der Waals surface area (Å²) >= 11 is 0. The van der Waals surface area contributed by atoms with Crippen molar-refractivity contribution in [2.75, 3.05) is 0 Å². The second-order valence-electron chi connectivity index (χ2n) is 6.81. The molecule has 1 aromatic rings. The molecule has 5 nitrogen and oxygen atoms in total. The molecular weight excluding hydrogens is 536 g/mol. The smallest absolute Gasteiger partial charge is 0.299 e. The molecule has 0 radical (unpaired) electrons. The van der Waals surface area contributed by atoms with Crippen molar-refractivity contribution < 1.29 is 60.7 Å². The van der Waals surface area contributed by atoms with Crippen LogP contribution in [0.25, 0.3) is 11.6 Å². The second-order valence-corrected chi connectivity index (χ2v) is 10.7. The van der Waals surface area contributed by atoms with Crippen LogP contribution in [0.2, 0.25) is 0 Å². The summed E-state index contributed by atoms with van der Waals surface area (Å²) in [6, 6.07) is 4.95. The van der Waals surface area contributed by atoms with Gasteiger partial charge in [-0.05, 0) is 28.9 Å². The normalized spacial score (nSPS) is 17.9. The fraction of sp³-hybridized carbons (Fsp3) is 0.235. The van der Waals surface area contributed by atoms with E-state index in [1.54, 1.807) is 0 Å². The van der Waals surface area contributed by atoms with Gasteiger partial charge in [0.2, 0.25) is 0 Å². The highest BCUT2D eigenvalue weighted by atomic mass is 32.2. The van der Waals surface area contributed by atoms with Crippen molar-refractivity contribution in [3.63, 3.8) is 0 Å². The lowest BCUT2D eigenvalue weighted by atomic mass is 9.95. The first kappa shape index (κ1) is 25.9. The third-order valence-electron chi connectivity index (χ3n) is 4.73. The van der Waals surface area contributed by atoms with Gasteiger partial charge in [0.05, 0.1) is 10.6 Å². The lowest BCUT2D eigenvalue weighted by Crippen LogP contribution is -2.48. The molecule has 0 saturated heterocycles. The third-order valence-corrected chi connectivity index (χ3v) is 8.53. The third kappa shape index (κ3) is 3.30. The summed E-state index contributed by atoms with van der Waals surface area (Å²) in [5, 5.41) is -5.85. The number of benzene rings is 1. The first-order valence-corrected chi connectivity index (χ1v) is 11.3. The van der Waals surface area contributed by atoms with Crippen molar-refractivity contribution in [2.45, 2.75) is 22.9 Å². The maximum atomic E-state index is 13.9. The molecule has 1 aromatic carbocycles. The highest BCUT2D eigenvalue weighted by Crippen LogP contribution is 2.52. The molecule has 0 aliphatic heterocycles. The van der Waals surface area contributed by atoms with Crippen LogP contribution in [0.15, 0.2) is 45.7 Å². The Morgan fingerprint density at radius 2 is 1.12 bits per heavy atom. The van der Waals surface area contributed by atoms with Crippen LogP contribution >= 0.6 is 0 Å². The average molecular weight is 543 g/mol. The van der Waals surface area contributed by atoms with Gasteiger partial charge in [-0.3, -0.25) is 5.41 Å². The Bertz CT molecular complexity index is 1410. The summed E-state index contributed by atoms with van der Waals surface area (Å²) in [6.45, 7) is 0. The Kier molecular flexibility index (Phi) is 5.46. The van der Waals surface area contributed by atoms with Gasteiger partial charge in [-0.2, -0.15) is 43.9 Å². The van der Waals surface area contributed by atoms with Crippen LogP contribution in [0.4, 0.5) is 43.9 Å². The van der Waals surface area contributed by atoms with E-state index in [4.69, 9.17) is 5.41 Å². The molecular formula is C17H7F10NO4S2. The lowest BCUT2D eigenvalue weighted by Gasteiger charge is -2.28. The van der Waals surface area contributed by atoms with Gasteiger partial charge in [-0.15, -0.1) is 0 Å². The van der Waals surface area contributed by atoms with Gasteiger partial charge < -0.3 is 0 Å². The number of nitrogens with one attached hydrogen (secondary N) is 1. The molecule has 0 fully saturated rings. The van der Waals surface area contributed by atoms with Gasteiger partial charge in [0.25, 0.3) is 19.7 Å². The maximum absolute atomic E-state index is 13.9. The van der Waals surface area contributed by atoms with Crippen LogP contribution in [-0.2, 0) is 19.7 Å². The predicted octanol–water partition coefficient (Wildman–Crippen LogP) is 4.85. The van der Waals surface area contributed by atoms with Gasteiger partial charge in [0.1, 0.15) is 4.91 Å². The molecule has 0 bridgehead atoms. The van der Waals surface area contributed by atoms with Gasteiger partial charge in [0, 0.05) is 5.57 Å². The van der Waals surface area contributed by atoms with Crippen molar-refractivity contribution >= 4 is 37.0 Å². The lowest BCUT2D eigenvalue weighted by molar-refractivity contribution is -0.241. The Balaban J connectivity index is 2.50. The zero-order valence-electron chi connectivity index (χ0n) is 15.7. The van der Waals surface area contributed by atoms with Crippen LogP contribution in [-0.4, -0.2) is 45.4 Å². The standard InChI is InChI=1S/C17H7F10NO4S2/c18-14(19,20)16(24,25)33(29,30)11-6-9-8-4-2-1-3-7(8)5-10(9)12(28)13(11)34(31,32)17(26,27)15(21,22)23/h1-6,28H. The second kappa shape index (κ2) is 7.16. The molecule has 0 spiro atoms. The van der Waals surface area contributed by atoms with Crippen LogP contribution in [0.1, 0.15) is 11.1 Å². The number of allylic oxidation sites excluding steroid dienone is 4. The SMILES string of the molecule is N=C1C2=Cc3ccccc3C2=CC(S(=O)(=O)C(F)(F)C(F)(F)F)=C1S(=O)(=O)C(F)(F)C(F)(F)F. The Hall–Kier alpha value is -2.69. The molecule has 0 unspecified atom stereocenters. The molecule has 34 heavy (non-hydrogen) atoms. The van der Waals surface area contributed by atoms with Crippen LogP contribution in [0.5, 0.6) is 0 Å². The predicted molar refractivity (Wildman–Crippen MR) is 97.0 cm³/mol. The first-order chi connectivity index (χ1) is 15.1. The van der Waals surface area contributed by atoms with Crippen molar-refractivity contribution in [3.8, 4) is 0 Å². The molecule has 3 rings (SSSR count). The summed E-state index contributed by atoms with van der Waals surface area (Å²) in [6.07, 6.45) is -13.2. The van der Waals surface area contributed by atoms with Gasteiger partial charge in [-0.25, -0.2) is 16.8 Å². The summed E-state index contributed by atoms with van der Waals surface area (Å²) in [7, 11) is -14.7. The van der Waals surface area contributed by atoms with E-state index in [1.165, 1.54) is 18.2 Å². The molecule has 186 valence electrons. The van der Waals surface area contributed by atoms with Gasteiger partial charge in [-0.1, -0.05) is 24.3 Å². The molecule has 0 saturated carbocycles. The highest BCUT2D eigenvalue weighted by Gasteiger charge is 2.72. The largest absolute Gasteiger partial charge is 0.469 e. The maximum Gasteiger partial charge on any atom is 0.469 e. The van der Waals surface area contributed by atoms with Gasteiger partial charge >= 0.3 is 22.9 Å². The van der Waals surface area contributed by atoms with Crippen molar-refractivity contribution in [1.82, 2.24) is 0 Å². The monoisotopic (exact) mass is 543 g/mol. The minimum Gasteiger partial charge on any atom is -0.299 e. The number of hydrogen-bond donors (Lipinski definition) is 1. The summed E-state index contributed by atoms with van der Waals surface area (Å²) in [5.41, 5.74) is -3.48. The van der Waals surface area contributed by atoms with Crippen molar-refractivity contribution in [3.05, 3.63) is 56.9 Å². The van der Waals surface area contributed by atoms with E-state index in [0.717, 1.165) is 12.1 Å². The Morgan fingerprint density at radius 1 is 0.647 bits per heavy atom. The van der Waals surface area contributed by atoms with E-state index in [2.05, 4.69) is 0 Å². The molecule has 1 N–H and O–H groups in total. The number of alkyl halides is 10. The van der Waals surface area contributed by atoms with Crippen molar-refractivity contribution in [1.29, 1.82) is 5.41 Å². The molecule has 17 heteroatoms. The first-order valence-electron chi connectivity index (χ1n) is 8.36. The van der Waals surface area contributed by atoms with Gasteiger partial charge in [0.15, 0.2) is 0 Å². The Morgan fingerprint density at radius 3 is 1.62 bits per heavy atom. The zero-order chi connectivity index (χ0) is 26.3. The molecule has 0 aromatic heterocycles. The molecule has 0 heterocycles. The van der Waals surface area contributed by atoms with Crippen LogP contribution in [0.3, 0.4) is 0 Å². The summed E-state index contributed by atoms with van der Waals surface area (Å²) < 4.78 is 181. The molecule has 2 aliphatic rings. The summed E-state index contributed by atoms with van der Waals surface area (Å²) in [4.78, 5) is -5.57. The van der Waals surface area contributed by atoms with Crippen molar-refractivity contribution in [2.24, 2.45) is 0 Å². The zero-order valence-corrected chi connectivity index (χ0v) is 17.3. The minimum absolute atomic E-state index is 0.0223. The van der Waals surface area contributed by atoms with E-state index < -0.39 is 69.2 Å². The molecule has 0 amide bonds. The van der Waals surface area contributed by atoms with E-state index in [9.17, 15) is 60.7 Å². The molecule has 2 aliphatic carbocycles. The number of sulfone groups is 2. The Labute approximate surface area is 183 Å². The van der Waals surface area contributed by atoms with E-state index >= 15 is 0 Å². The summed E-state index contributed by atoms with van der Waals surface area (Å²) in [5.74, 6) is 0. The van der Waals surface area contributed by atoms with E-state index in [0.29, 0.717) is 0 Å². The number of rotatable bonds is 4. The number of fused-ring (bicyclic) bond motifs is 3. The van der Waals surface area contributed by atoms with Crippen LogP contribution < -0.4 is 0 Å². The molecule has 0 atom stereocenters.